The first-order valence-corrected chi connectivity index (χ1v) is 4.90. The number of hydrogen-bond acceptors (Lipinski definition) is 1. The molecule has 15 heavy (non-hydrogen) atoms. The van der Waals surface area contributed by atoms with E-state index in [9.17, 15) is 0 Å². The van der Waals surface area contributed by atoms with Crippen LogP contribution in [0.3, 0.4) is 0 Å². The van der Waals surface area contributed by atoms with Gasteiger partial charge in [0, 0.05) is 28.9 Å². The Labute approximate surface area is 105 Å². The Morgan fingerprint density at radius 2 is 1.60 bits per heavy atom. The van der Waals surface area contributed by atoms with Crippen molar-refractivity contribution in [1.29, 1.82) is 0 Å². The molecule has 0 amide bonds. The zero-order chi connectivity index (χ0) is 9.80. The quantitative estimate of drug-likeness (QED) is 0.592. The van der Waals surface area contributed by atoms with E-state index in [0.29, 0.717) is 6.10 Å². The summed E-state index contributed by atoms with van der Waals surface area (Å²) in [4.78, 5) is 0. The van der Waals surface area contributed by atoms with Gasteiger partial charge in [0.2, 0.25) is 0 Å². The molecule has 3 aliphatic rings. The van der Waals surface area contributed by atoms with Gasteiger partial charge in [0.25, 0.3) is 0 Å². The van der Waals surface area contributed by atoms with Crippen molar-refractivity contribution in [2.24, 2.45) is 0 Å². The van der Waals surface area contributed by atoms with Crippen LogP contribution in [0.5, 0.6) is 0 Å². The minimum Gasteiger partial charge on any atom is -0.377 e. The van der Waals surface area contributed by atoms with Gasteiger partial charge in [-0.2, -0.15) is 0 Å². The monoisotopic (exact) mass is 242 g/mol. The second-order valence-corrected chi connectivity index (χ2v) is 3.42. The van der Waals surface area contributed by atoms with E-state index in [4.69, 9.17) is 4.74 Å². The molecule has 1 heterocycles. The SMILES string of the molecule is CC1OC[C]2[CH][CH][CH][C]21.[CH]1[CH][CH][CH][CH]1.[Fe]. The van der Waals surface area contributed by atoms with Crippen LogP contribution in [0.4, 0.5) is 0 Å². The van der Waals surface area contributed by atoms with Gasteiger partial charge >= 0.3 is 0 Å². The summed E-state index contributed by atoms with van der Waals surface area (Å²) in [5.74, 6) is 2.73. The van der Waals surface area contributed by atoms with Crippen molar-refractivity contribution in [2.45, 2.75) is 13.0 Å². The van der Waals surface area contributed by atoms with Crippen LogP contribution in [0.15, 0.2) is 0 Å². The summed E-state index contributed by atoms with van der Waals surface area (Å²) < 4.78 is 5.36. The van der Waals surface area contributed by atoms with Gasteiger partial charge in [-0.15, -0.1) is 0 Å². The second-order valence-electron chi connectivity index (χ2n) is 3.42. The van der Waals surface area contributed by atoms with E-state index >= 15 is 0 Å². The summed E-state index contributed by atoms with van der Waals surface area (Å²) in [7, 11) is 0. The first-order chi connectivity index (χ1) is 6.88. The van der Waals surface area contributed by atoms with Gasteiger partial charge in [0.1, 0.15) is 0 Å². The van der Waals surface area contributed by atoms with E-state index in [0.717, 1.165) is 6.61 Å². The fourth-order valence-corrected chi connectivity index (χ4v) is 1.62. The summed E-state index contributed by atoms with van der Waals surface area (Å²) in [6.45, 7) is 2.90. The third-order valence-corrected chi connectivity index (χ3v) is 2.43. The standard InChI is InChI=1S/C8H9O.C5H5.Fe/c1-6-8-4-2-3-7(8)5-9-6;1-2-4-5-3-1;/h2-4,6H,5H2,1H3;1-5H;. The number of fused-ring (bicyclic) bond motifs is 1. The molecule has 1 unspecified atom stereocenters. The van der Waals surface area contributed by atoms with Crippen molar-refractivity contribution in [3.8, 4) is 0 Å². The molecule has 1 aliphatic heterocycles. The van der Waals surface area contributed by atoms with Crippen LogP contribution in [-0.2, 0) is 21.8 Å². The molecular formula is C13H14FeO. The zero-order valence-corrected chi connectivity index (χ0v) is 9.77. The van der Waals surface area contributed by atoms with Crippen molar-refractivity contribution in [3.05, 3.63) is 63.2 Å². The smallest absolute Gasteiger partial charge is 0.0619 e. The summed E-state index contributed by atoms with van der Waals surface area (Å²) in [5, 5.41) is 0. The van der Waals surface area contributed by atoms with E-state index in [-0.39, 0.29) is 17.1 Å². The van der Waals surface area contributed by atoms with Crippen molar-refractivity contribution in [3.63, 3.8) is 0 Å². The predicted octanol–water partition coefficient (Wildman–Crippen LogP) is 2.20. The minimum atomic E-state index is 0. The van der Waals surface area contributed by atoms with Crippen molar-refractivity contribution < 1.29 is 21.8 Å². The third-order valence-electron chi connectivity index (χ3n) is 2.43. The topological polar surface area (TPSA) is 9.23 Å². The van der Waals surface area contributed by atoms with Crippen LogP contribution in [0.2, 0.25) is 0 Å². The van der Waals surface area contributed by atoms with Gasteiger partial charge in [-0.25, -0.2) is 0 Å². The predicted molar refractivity (Wildman–Crippen MR) is 56.3 cm³/mol. The molecule has 2 aliphatic carbocycles. The zero-order valence-electron chi connectivity index (χ0n) is 8.67. The van der Waals surface area contributed by atoms with Crippen molar-refractivity contribution in [2.75, 3.05) is 6.61 Å². The van der Waals surface area contributed by atoms with Crippen LogP contribution in [0, 0.1) is 63.2 Å². The number of rotatable bonds is 0. The van der Waals surface area contributed by atoms with E-state index in [1.807, 2.05) is 32.1 Å². The number of hydrogen-bond donors (Lipinski definition) is 0. The summed E-state index contributed by atoms with van der Waals surface area (Å²) >= 11 is 0. The van der Waals surface area contributed by atoms with Crippen LogP contribution >= 0.6 is 0 Å². The molecule has 3 fully saturated rings. The Kier molecular flexibility index (Phi) is 6.26. The molecule has 0 aromatic carbocycles. The average molecular weight is 242 g/mol. The Morgan fingerprint density at radius 1 is 1.00 bits per heavy atom. The largest absolute Gasteiger partial charge is 0.377 e. The van der Waals surface area contributed by atoms with Crippen molar-refractivity contribution in [1.82, 2.24) is 0 Å². The molecule has 0 N–H and O–H groups in total. The Morgan fingerprint density at radius 3 is 2.13 bits per heavy atom. The molecule has 0 bridgehead atoms. The van der Waals surface area contributed by atoms with E-state index in [2.05, 4.69) is 26.2 Å². The van der Waals surface area contributed by atoms with Gasteiger partial charge in [0.15, 0.2) is 0 Å². The normalized spacial score (nSPS) is 30.6. The second kappa shape index (κ2) is 6.93. The third kappa shape index (κ3) is 3.76. The van der Waals surface area contributed by atoms with Gasteiger partial charge in [-0.1, -0.05) is 0 Å². The minimum absolute atomic E-state index is 0. The molecule has 0 aromatic rings. The molecule has 80 valence electrons. The van der Waals surface area contributed by atoms with Crippen LogP contribution in [-0.4, -0.2) is 12.7 Å². The van der Waals surface area contributed by atoms with Gasteiger partial charge in [0.05, 0.1) is 12.7 Å². The van der Waals surface area contributed by atoms with Crippen LogP contribution in [0.25, 0.3) is 0 Å². The maximum atomic E-state index is 5.36. The molecule has 1 nitrogen and oxygen atoms in total. The average Bonchev–Trinajstić information content (AvgIpc) is 2.86. The summed E-state index contributed by atoms with van der Waals surface area (Å²) in [6.07, 6.45) is 16.7. The Balaban J connectivity index is 0.000000162. The summed E-state index contributed by atoms with van der Waals surface area (Å²) in [6, 6.07) is 0. The van der Waals surface area contributed by atoms with Gasteiger partial charge < -0.3 is 4.74 Å². The van der Waals surface area contributed by atoms with Gasteiger partial charge in [-0.3, -0.25) is 0 Å². The molecule has 0 spiro atoms. The summed E-state index contributed by atoms with van der Waals surface area (Å²) in [5.41, 5.74) is 0. The molecule has 1 saturated heterocycles. The van der Waals surface area contributed by atoms with Crippen LogP contribution < -0.4 is 0 Å². The van der Waals surface area contributed by atoms with E-state index in [1.165, 1.54) is 11.8 Å². The molecule has 0 aromatic heterocycles. The van der Waals surface area contributed by atoms with E-state index < -0.39 is 0 Å². The molecule has 2 heteroatoms. The van der Waals surface area contributed by atoms with Crippen LogP contribution in [0.1, 0.15) is 6.92 Å². The Bertz CT molecular complexity index is 160. The first-order valence-electron chi connectivity index (χ1n) is 4.90. The number of ether oxygens (including phenoxy) is 1. The molecule has 10 radical (unpaired) electrons. The Hall–Kier alpha value is 0.479. The van der Waals surface area contributed by atoms with Gasteiger partial charge in [-0.05, 0) is 58.3 Å². The molecule has 3 rings (SSSR count). The maximum Gasteiger partial charge on any atom is 0.0619 e. The first kappa shape index (κ1) is 13.5. The molecule has 1 atom stereocenters. The molecular weight excluding hydrogens is 228 g/mol. The van der Waals surface area contributed by atoms with Crippen molar-refractivity contribution >= 4 is 0 Å². The fourth-order valence-electron chi connectivity index (χ4n) is 1.62. The fraction of sp³-hybridized carbons (Fsp3) is 0.231. The van der Waals surface area contributed by atoms with E-state index in [1.54, 1.807) is 0 Å². The molecule has 2 saturated carbocycles. The maximum absolute atomic E-state index is 5.36.